The van der Waals surface area contributed by atoms with E-state index in [-0.39, 0.29) is 16.4 Å². The fourth-order valence-electron chi connectivity index (χ4n) is 4.04. The molecule has 2 heterocycles. The van der Waals surface area contributed by atoms with E-state index in [9.17, 15) is 13.2 Å². The second-order valence-corrected chi connectivity index (χ2v) is 9.39. The zero-order valence-electron chi connectivity index (χ0n) is 17.1. The number of carbonyl (C=O) groups excluding carboxylic acids is 1. The van der Waals surface area contributed by atoms with Crippen LogP contribution >= 0.6 is 0 Å². The van der Waals surface area contributed by atoms with Crippen LogP contribution in [0, 0.1) is 0 Å². The van der Waals surface area contributed by atoms with Crippen LogP contribution in [-0.2, 0) is 10.0 Å². The molecule has 1 N–H and O–H groups in total. The average molecular weight is 430 g/mol. The molecule has 0 aliphatic carbocycles. The maximum Gasteiger partial charge on any atom is 0.261 e. The maximum absolute atomic E-state index is 13.0. The topological polar surface area (TPSA) is 79.0 Å². The highest BCUT2D eigenvalue weighted by Crippen LogP contribution is 2.27. The van der Waals surface area contributed by atoms with Crippen LogP contribution in [0.15, 0.2) is 47.4 Å². The van der Waals surface area contributed by atoms with Crippen LogP contribution in [0.3, 0.4) is 0 Å². The Morgan fingerprint density at radius 2 is 1.57 bits per heavy atom. The van der Waals surface area contributed by atoms with E-state index in [0.717, 1.165) is 31.6 Å². The first kappa shape index (κ1) is 20.5. The summed E-state index contributed by atoms with van der Waals surface area (Å²) in [5, 5.41) is 0. The van der Waals surface area contributed by atoms with E-state index in [1.165, 1.54) is 38.2 Å². The fraction of sp³-hybridized carbons (Fsp3) is 0.409. The van der Waals surface area contributed by atoms with E-state index in [1.807, 2.05) is 12.1 Å². The first-order valence-corrected chi connectivity index (χ1v) is 11.8. The quantitative estimate of drug-likeness (QED) is 0.762. The van der Waals surface area contributed by atoms with Gasteiger partial charge in [0.15, 0.2) is 0 Å². The van der Waals surface area contributed by atoms with Crippen molar-refractivity contribution in [3.8, 4) is 5.75 Å². The summed E-state index contributed by atoms with van der Waals surface area (Å²) in [5.41, 5.74) is 1.85. The molecule has 0 unspecified atom stereocenters. The largest absolute Gasteiger partial charge is 0.496 e. The molecular weight excluding hydrogens is 402 g/mol. The van der Waals surface area contributed by atoms with Crippen molar-refractivity contribution in [2.45, 2.75) is 30.6 Å². The number of sulfonamides is 1. The second-order valence-electron chi connectivity index (χ2n) is 7.71. The van der Waals surface area contributed by atoms with Crippen LogP contribution in [0.5, 0.6) is 5.75 Å². The first-order chi connectivity index (χ1) is 14.5. The predicted octanol–water partition coefficient (Wildman–Crippen LogP) is 3.33. The molecule has 0 atom stereocenters. The maximum atomic E-state index is 13.0. The molecule has 2 aromatic rings. The molecule has 4 rings (SSSR count). The highest BCUT2D eigenvalue weighted by atomic mass is 32.2. The number of rotatable bonds is 6. The van der Waals surface area contributed by atoms with Gasteiger partial charge in [-0.15, -0.1) is 0 Å². The SMILES string of the molecule is COc1ccc(S(=O)(=O)Nc2ccc(N3CCCC3)cc2)cc1C(=O)N1CCCC1. The van der Waals surface area contributed by atoms with Gasteiger partial charge in [-0.25, -0.2) is 8.42 Å². The molecule has 2 aliphatic rings. The third-order valence-corrected chi connectivity index (χ3v) is 7.07. The highest BCUT2D eigenvalue weighted by Gasteiger charge is 2.25. The van der Waals surface area contributed by atoms with Crippen molar-refractivity contribution in [2.24, 2.45) is 0 Å². The lowest BCUT2D eigenvalue weighted by Crippen LogP contribution is -2.28. The minimum absolute atomic E-state index is 0.0365. The molecule has 7 nitrogen and oxygen atoms in total. The lowest BCUT2D eigenvalue weighted by atomic mass is 10.1. The molecule has 1 amide bonds. The number of nitrogens with one attached hydrogen (secondary N) is 1. The minimum atomic E-state index is -3.84. The fourth-order valence-corrected chi connectivity index (χ4v) is 5.13. The Hall–Kier alpha value is -2.74. The Balaban J connectivity index is 1.56. The lowest BCUT2D eigenvalue weighted by Gasteiger charge is -2.19. The molecule has 0 bridgehead atoms. The molecular formula is C22H27N3O4S. The molecule has 2 fully saturated rings. The zero-order valence-corrected chi connectivity index (χ0v) is 18.0. The Labute approximate surface area is 177 Å². The van der Waals surface area contributed by atoms with Gasteiger partial charge >= 0.3 is 0 Å². The van der Waals surface area contributed by atoms with Crippen molar-refractivity contribution >= 4 is 27.3 Å². The molecule has 0 aromatic heterocycles. The van der Waals surface area contributed by atoms with E-state index in [1.54, 1.807) is 17.0 Å². The summed E-state index contributed by atoms with van der Waals surface area (Å²) in [7, 11) is -2.36. The van der Waals surface area contributed by atoms with E-state index >= 15 is 0 Å². The molecule has 0 radical (unpaired) electrons. The van der Waals surface area contributed by atoms with Gasteiger partial charge in [0.1, 0.15) is 5.75 Å². The number of amides is 1. The van der Waals surface area contributed by atoms with Gasteiger partial charge in [-0.2, -0.15) is 0 Å². The number of hydrogen-bond donors (Lipinski definition) is 1. The third kappa shape index (κ3) is 4.23. The van der Waals surface area contributed by atoms with E-state index < -0.39 is 10.0 Å². The molecule has 30 heavy (non-hydrogen) atoms. The molecule has 8 heteroatoms. The smallest absolute Gasteiger partial charge is 0.261 e. The van der Waals surface area contributed by atoms with Gasteiger partial charge in [-0.3, -0.25) is 9.52 Å². The van der Waals surface area contributed by atoms with Crippen molar-refractivity contribution < 1.29 is 17.9 Å². The molecule has 0 spiro atoms. The highest BCUT2D eigenvalue weighted by molar-refractivity contribution is 7.92. The molecule has 0 saturated carbocycles. The van der Waals surface area contributed by atoms with Gasteiger partial charge in [0.2, 0.25) is 0 Å². The van der Waals surface area contributed by atoms with Crippen LogP contribution in [0.4, 0.5) is 11.4 Å². The van der Waals surface area contributed by atoms with E-state index in [4.69, 9.17) is 4.74 Å². The first-order valence-electron chi connectivity index (χ1n) is 10.3. The van der Waals surface area contributed by atoms with Gasteiger partial charge in [0.05, 0.1) is 17.6 Å². The summed E-state index contributed by atoms with van der Waals surface area (Å²) in [6, 6.07) is 11.8. The van der Waals surface area contributed by atoms with Crippen LogP contribution in [0.2, 0.25) is 0 Å². The summed E-state index contributed by atoms with van der Waals surface area (Å²) in [6.45, 7) is 3.43. The Morgan fingerprint density at radius 1 is 0.933 bits per heavy atom. The summed E-state index contributed by atoms with van der Waals surface area (Å²) >= 11 is 0. The summed E-state index contributed by atoms with van der Waals surface area (Å²) in [6.07, 6.45) is 4.29. The van der Waals surface area contributed by atoms with Gasteiger partial charge in [-0.05, 0) is 68.1 Å². The normalized spacial score (nSPS) is 16.7. The number of hydrogen-bond acceptors (Lipinski definition) is 5. The van der Waals surface area contributed by atoms with E-state index in [2.05, 4.69) is 9.62 Å². The zero-order chi connectivity index (χ0) is 21.1. The van der Waals surface area contributed by atoms with Gasteiger partial charge in [0, 0.05) is 37.6 Å². The lowest BCUT2D eigenvalue weighted by molar-refractivity contribution is 0.0789. The van der Waals surface area contributed by atoms with Gasteiger partial charge in [0.25, 0.3) is 15.9 Å². The Bertz CT molecular complexity index is 1010. The molecule has 2 aliphatic heterocycles. The van der Waals surface area contributed by atoms with Crippen molar-refractivity contribution in [1.29, 1.82) is 0 Å². The van der Waals surface area contributed by atoms with Crippen molar-refractivity contribution in [2.75, 3.05) is 42.9 Å². The number of anilines is 2. The Kier molecular flexibility index (Phi) is 5.85. The summed E-state index contributed by atoms with van der Waals surface area (Å²) < 4.78 is 33.8. The molecule has 2 aromatic carbocycles. The van der Waals surface area contributed by atoms with Crippen molar-refractivity contribution in [1.82, 2.24) is 4.90 Å². The summed E-state index contributed by atoms with van der Waals surface area (Å²) in [4.78, 5) is 16.9. The van der Waals surface area contributed by atoms with E-state index in [0.29, 0.717) is 24.5 Å². The van der Waals surface area contributed by atoms with Crippen LogP contribution in [0.1, 0.15) is 36.0 Å². The van der Waals surface area contributed by atoms with Crippen molar-refractivity contribution in [3.63, 3.8) is 0 Å². The van der Waals surface area contributed by atoms with Crippen LogP contribution < -0.4 is 14.4 Å². The van der Waals surface area contributed by atoms with Gasteiger partial charge in [-0.1, -0.05) is 0 Å². The number of nitrogens with zero attached hydrogens (tertiary/aromatic N) is 2. The van der Waals surface area contributed by atoms with Crippen LogP contribution in [-0.4, -0.2) is 52.5 Å². The Morgan fingerprint density at radius 3 is 2.20 bits per heavy atom. The molecule has 160 valence electrons. The summed E-state index contributed by atoms with van der Waals surface area (Å²) in [5.74, 6) is 0.178. The number of likely N-dealkylation sites (tertiary alicyclic amines) is 1. The second kappa shape index (κ2) is 8.55. The number of carbonyl (C=O) groups is 1. The van der Waals surface area contributed by atoms with Gasteiger partial charge < -0.3 is 14.5 Å². The van der Waals surface area contributed by atoms with Crippen molar-refractivity contribution in [3.05, 3.63) is 48.0 Å². The minimum Gasteiger partial charge on any atom is -0.496 e. The van der Waals surface area contributed by atoms with Crippen LogP contribution in [0.25, 0.3) is 0 Å². The average Bonchev–Trinajstić information content (AvgIpc) is 3.47. The number of ether oxygens (including phenoxy) is 1. The molecule has 2 saturated heterocycles. The monoisotopic (exact) mass is 429 g/mol. The number of benzene rings is 2. The standard InChI is InChI=1S/C22H27N3O4S/c1-29-21-11-10-19(16-20(21)22(26)25-14-4-5-15-25)30(27,28)23-17-6-8-18(9-7-17)24-12-2-3-13-24/h6-11,16,23H,2-5,12-15H2,1H3. The third-order valence-electron chi connectivity index (χ3n) is 5.70. The number of methoxy groups -OCH3 is 1. The predicted molar refractivity (Wildman–Crippen MR) is 117 cm³/mol.